The molecule has 0 spiro atoms. The Morgan fingerprint density at radius 3 is 1.76 bits per heavy atom. The van der Waals surface area contributed by atoms with Gasteiger partial charge in [-0.1, -0.05) is 13.8 Å². The van der Waals surface area contributed by atoms with E-state index in [2.05, 4.69) is 0 Å². The van der Waals surface area contributed by atoms with E-state index < -0.39 is 48.0 Å². The normalized spacial score (nSPS) is 44.6. The third-order valence-electron chi connectivity index (χ3n) is 6.67. The number of carbonyl (C=O) groups is 1. The van der Waals surface area contributed by atoms with Crippen molar-refractivity contribution in [1.82, 2.24) is 9.80 Å². The number of rotatable bonds is 7. The molecule has 4 saturated heterocycles. The van der Waals surface area contributed by atoms with Gasteiger partial charge >= 0.3 is 0 Å². The average Bonchev–Trinajstić information content (AvgIpc) is 2.62. The maximum absolute atomic E-state index is 13.1. The van der Waals surface area contributed by atoms with Crippen molar-refractivity contribution in [1.29, 1.82) is 0 Å². The zero-order chi connectivity index (χ0) is 18.6. The third kappa shape index (κ3) is 2.66. The summed E-state index contributed by atoms with van der Waals surface area (Å²) < 4.78 is 0. The van der Waals surface area contributed by atoms with Crippen molar-refractivity contribution in [2.45, 2.75) is 57.3 Å². The Labute approximate surface area is 147 Å². The lowest BCUT2D eigenvalue weighted by Crippen LogP contribution is -2.81. The van der Waals surface area contributed by atoms with E-state index in [1.54, 1.807) is 0 Å². The van der Waals surface area contributed by atoms with Gasteiger partial charge < -0.3 is 25.5 Å². The van der Waals surface area contributed by atoms with Crippen LogP contribution in [0.3, 0.4) is 0 Å². The zero-order valence-corrected chi connectivity index (χ0v) is 14.9. The molecular formula is C17H30N2O6. The molecular weight excluding hydrogens is 328 g/mol. The molecule has 4 fully saturated rings. The van der Waals surface area contributed by atoms with Gasteiger partial charge in [0.15, 0.2) is 0 Å². The second-order valence-electron chi connectivity index (χ2n) is 8.04. The fourth-order valence-corrected chi connectivity index (χ4v) is 5.14. The highest BCUT2D eigenvalue weighted by Crippen LogP contribution is 2.51. The molecule has 144 valence electrons. The van der Waals surface area contributed by atoms with Crippen molar-refractivity contribution >= 4 is 5.78 Å². The Morgan fingerprint density at radius 1 is 0.960 bits per heavy atom. The van der Waals surface area contributed by atoms with E-state index in [1.165, 1.54) is 0 Å². The van der Waals surface area contributed by atoms with Crippen LogP contribution in [0, 0.1) is 10.8 Å². The molecule has 0 aromatic carbocycles. The number of hydrogen-bond acceptors (Lipinski definition) is 8. The van der Waals surface area contributed by atoms with Crippen LogP contribution in [0.2, 0.25) is 0 Å². The van der Waals surface area contributed by atoms with Crippen LogP contribution in [0.15, 0.2) is 0 Å². The molecule has 0 radical (unpaired) electrons. The summed E-state index contributed by atoms with van der Waals surface area (Å²) in [7, 11) is 0. The molecule has 4 unspecified atom stereocenters. The molecule has 4 atom stereocenters. The van der Waals surface area contributed by atoms with Gasteiger partial charge in [0, 0.05) is 26.2 Å². The smallest absolute Gasteiger partial charge is 0.150 e. The average molecular weight is 358 g/mol. The van der Waals surface area contributed by atoms with E-state index in [0.717, 1.165) is 12.8 Å². The number of aliphatic hydroxyl groups excluding tert-OH is 5. The number of Topliss-reactive ketones (excluding diaryl/α,β-unsaturated/α-hetero) is 1. The largest absolute Gasteiger partial charge is 0.394 e. The monoisotopic (exact) mass is 358 g/mol. The lowest BCUT2D eigenvalue weighted by molar-refractivity contribution is -0.234. The minimum absolute atomic E-state index is 0.321. The SMILES string of the molecule is CCC12CN3CC(CC)(CN(C1)C3C(O)C(O)C(O)C(O)CO)C2=O. The van der Waals surface area contributed by atoms with Crippen LogP contribution in [0.25, 0.3) is 0 Å². The van der Waals surface area contributed by atoms with Crippen LogP contribution in [0.5, 0.6) is 0 Å². The molecule has 0 amide bonds. The molecule has 5 N–H and O–H groups in total. The predicted octanol–water partition coefficient (Wildman–Crippen LogP) is -2.24. The first-order valence-corrected chi connectivity index (χ1v) is 9.11. The maximum atomic E-state index is 13.1. The minimum Gasteiger partial charge on any atom is -0.394 e. The number of hydrogen-bond donors (Lipinski definition) is 5. The van der Waals surface area contributed by atoms with Crippen LogP contribution in [0.1, 0.15) is 26.7 Å². The lowest BCUT2D eigenvalue weighted by atomic mass is 9.58. The van der Waals surface area contributed by atoms with E-state index >= 15 is 0 Å². The number of carbonyl (C=O) groups excluding carboxylic acids is 1. The second-order valence-corrected chi connectivity index (χ2v) is 8.04. The topological polar surface area (TPSA) is 125 Å². The third-order valence-corrected chi connectivity index (χ3v) is 6.67. The Balaban J connectivity index is 1.84. The zero-order valence-electron chi connectivity index (χ0n) is 14.9. The highest BCUT2D eigenvalue weighted by molar-refractivity contribution is 5.93. The van der Waals surface area contributed by atoms with Gasteiger partial charge in [0.1, 0.15) is 30.2 Å². The number of ketones is 1. The molecule has 4 aliphatic heterocycles. The summed E-state index contributed by atoms with van der Waals surface area (Å²) >= 11 is 0. The molecule has 4 rings (SSSR count). The fourth-order valence-electron chi connectivity index (χ4n) is 5.14. The van der Waals surface area contributed by atoms with Gasteiger partial charge in [0.2, 0.25) is 0 Å². The standard InChI is InChI=1S/C17H30N2O6/c1-3-16-6-18-8-17(4-2,15(16)25)9-19(7-16)14(18)13(24)12(23)11(22)10(21)5-20/h10-14,20-24H,3-9H2,1-2H3. The number of aliphatic hydroxyl groups is 5. The first-order valence-electron chi connectivity index (χ1n) is 9.11. The summed E-state index contributed by atoms with van der Waals surface area (Å²) in [6, 6.07) is 0. The summed E-state index contributed by atoms with van der Waals surface area (Å²) in [6.07, 6.45) is -5.10. The number of nitrogens with zero attached hydrogens (tertiary/aromatic N) is 2. The van der Waals surface area contributed by atoms with Gasteiger partial charge in [-0.25, -0.2) is 0 Å². The lowest BCUT2D eigenvalue weighted by Gasteiger charge is -2.67. The van der Waals surface area contributed by atoms with Gasteiger partial charge in [-0.2, -0.15) is 0 Å². The first kappa shape index (κ1) is 19.2. The molecule has 4 heterocycles. The predicted molar refractivity (Wildman–Crippen MR) is 88.5 cm³/mol. The second kappa shape index (κ2) is 6.53. The fraction of sp³-hybridized carbons (Fsp3) is 0.941. The summed E-state index contributed by atoms with van der Waals surface area (Å²) in [5.41, 5.74) is -0.867. The van der Waals surface area contributed by atoms with E-state index in [9.17, 15) is 25.2 Å². The van der Waals surface area contributed by atoms with Crippen LogP contribution >= 0.6 is 0 Å². The number of piperidine rings is 2. The summed E-state index contributed by atoms with van der Waals surface area (Å²) in [4.78, 5) is 17.1. The van der Waals surface area contributed by atoms with Gasteiger partial charge in [0.25, 0.3) is 0 Å². The Morgan fingerprint density at radius 2 is 1.40 bits per heavy atom. The molecule has 8 heteroatoms. The molecule has 0 aliphatic carbocycles. The maximum Gasteiger partial charge on any atom is 0.150 e. The molecule has 0 aromatic rings. The van der Waals surface area contributed by atoms with E-state index in [-0.39, 0.29) is 0 Å². The van der Waals surface area contributed by atoms with Crippen LogP contribution in [-0.2, 0) is 4.79 Å². The van der Waals surface area contributed by atoms with E-state index in [0.29, 0.717) is 32.0 Å². The van der Waals surface area contributed by atoms with Gasteiger partial charge in [-0.15, -0.1) is 0 Å². The van der Waals surface area contributed by atoms with Crippen molar-refractivity contribution in [2.75, 3.05) is 32.8 Å². The highest BCUT2D eigenvalue weighted by atomic mass is 16.4. The van der Waals surface area contributed by atoms with E-state index in [1.807, 2.05) is 23.6 Å². The summed E-state index contributed by atoms with van der Waals surface area (Å²) in [5, 5.41) is 49.4. The van der Waals surface area contributed by atoms with Crippen molar-refractivity contribution in [3.8, 4) is 0 Å². The van der Waals surface area contributed by atoms with Gasteiger partial charge in [0.05, 0.1) is 23.6 Å². The highest BCUT2D eigenvalue weighted by Gasteiger charge is 2.65. The van der Waals surface area contributed by atoms with Crippen molar-refractivity contribution in [3.63, 3.8) is 0 Å². The van der Waals surface area contributed by atoms with Crippen molar-refractivity contribution in [3.05, 3.63) is 0 Å². The Hall–Kier alpha value is -0.610. The van der Waals surface area contributed by atoms with Crippen molar-refractivity contribution < 1.29 is 30.3 Å². The molecule has 0 aromatic heterocycles. The van der Waals surface area contributed by atoms with Crippen molar-refractivity contribution in [2.24, 2.45) is 10.8 Å². The molecule has 25 heavy (non-hydrogen) atoms. The minimum atomic E-state index is -1.64. The van der Waals surface area contributed by atoms with Crippen LogP contribution in [-0.4, -0.2) is 104 Å². The Kier molecular flexibility index (Phi) is 5.00. The molecule has 0 saturated carbocycles. The van der Waals surface area contributed by atoms with E-state index in [4.69, 9.17) is 5.11 Å². The van der Waals surface area contributed by atoms with Gasteiger partial charge in [-0.05, 0) is 12.8 Å². The summed E-state index contributed by atoms with van der Waals surface area (Å²) in [6.45, 7) is 5.47. The Bertz CT molecular complexity index is 487. The van der Waals surface area contributed by atoms with Crippen LogP contribution in [0.4, 0.5) is 0 Å². The van der Waals surface area contributed by atoms with Gasteiger partial charge in [-0.3, -0.25) is 14.6 Å². The first-order chi connectivity index (χ1) is 11.7. The molecule has 8 nitrogen and oxygen atoms in total. The molecule has 4 bridgehead atoms. The summed E-state index contributed by atoms with van der Waals surface area (Å²) in [5.74, 6) is 0.321. The quantitative estimate of drug-likeness (QED) is 0.346. The van der Waals surface area contributed by atoms with Crippen LogP contribution < -0.4 is 0 Å². The molecule has 4 aliphatic rings.